The maximum atomic E-state index is 10.7. The minimum Gasteiger partial charge on any atom is -0.330 e. The van der Waals surface area contributed by atoms with E-state index in [0.29, 0.717) is 12.5 Å². The van der Waals surface area contributed by atoms with Gasteiger partial charge in [0.05, 0.1) is 16.3 Å². The first-order valence-corrected chi connectivity index (χ1v) is 7.15. The number of rotatable bonds is 3. The number of aromatic nitrogens is 2. The van der Waals surface area contributed by atoms with E-state index < -0.39 is 4.92 Å². The summed E-state index contributed by atoms with van der Waals surface area (Å²) in [6.07, 6.45) is 3.19. The first-order chi connectivity index (χ1) is 10.1. The third-order valence-electron chi connectivity index (χ3n) is 4.17. The molecule has 0 amide bonds. The Morgan fingerprint density at radius 1 is 1.43 bits per heavy atom. The number of non-ortho nitro benzene ring substituents is 1. The molecule has 1 aliphatic carbocycles. The summed E-state index contributed by atoms with van der Waals surface area (Å²) in [5.74, 6) is 0.376. The number of hydrogen-bond donors (Lipinski definition) is 1. The van der Waals surface area contributed by atoms with Crippen LogP contribution in [0.5, 0.6) is 0 Å². The number of nitro groups is 1. The third-order valence-corrected chi connectivity index (χ3v) is 4.17. The second kappa shape index (κ2) is 5.29. The van der Waals surface area contributed by atoms with Gasteiger partial charge in [-0.05, 0) is 50.8 Å². The van der Waals surface area contributed by atoms with Gasteiger partial charge in [0.1, 0.15) is 0 Å². The molecule has 0 radical (unpaired) electrons. The standard InChI is InChI=1S/C15H18N4O2/c1-10-15-11(9-16)3-2-4-14(15)18(17-10)12-5-7-13(8-6-12)19(20)21/h5-8,11H,2-4,9,16H2,1H3. The first kappa shape index (κ1) is 13.8. The number of benzene rings is 1. The van der Waals surface area contributed by atoms with E-state index in [-0.39, 0.29) is 5.69 Å². The van der Waals surface area contributed by atoms with Gasteiger partial charge in [0.2, 0.25) is 0 Å². The van der Waals surface area contributed by atoms with Crippen LogP contribution in [0, 0.1) is 17.0 Å². The Kier molecular flexibility index (Phi) is 3.47. The van der Waals surface area contributed by atoms with Crippen molar-refractivity contribution in [3.05, 3.63) is 51.3 Å². The van der Waals surface area contributed by atoms with Crippen LogP contribution in [-0.4, -0.2) is 21.2 Å². The van der Waals surface area contributed by atoms with Gasteiger partial charge in [-0.25, -0.2) is 4.68 Å². The van der Waals surface area contributed by atoms with Crippen LogP contribution in [0.1, 0.15) is 35.7 Å². The van der Waals surface area contributed by atoms with E-state index in [4.69, 9.17) is 5.73 Å². The average molecular weight is 286 g/mol. The Labute approximate surface area is 122 Å². The van der Waals surface area contributed by atoms with Gasteiger partial charge in [0.15, 0.2) is 0 Å². The molecule has 6 nitrogen and oxygen atoms in total. The van der Waals surface area contributed by atoms with Gasteiger partial charge in [-0.1, -0.05) is 0 Å². The Bertz CT molecular complexity index is 676. The predicted octanol–water partition coefficient (Wildman–Crippen LogP) is 2.47. The largest absolute Gasteiger partial charge is 0.330 e. The molecule has 3 rings (SSSR count). The van der Waals surface area contributed by atoms with E-state index in [0.717, 1.165) is 30.6 Å². The summed E-state index contributed by atoms with van der Waals surface area (Å²) >= 11 is 0. The van der Waals surface area contributed by atoms with Crippen LogP contribution in [0.3, 0.4) is 0 Å². The van der Waals surface area contributed by atoms with Gasteiger partial charge in [-0.3, -0.25) is 10.1 Å². The highest BCUT2D eigenvalue weighted by Crippen LogP contribution is 2.34. The lowest BCUT2D eigenvalue weighted by Crippen LogP contribution is -2.19. The monoisotopic (exact) mass is 286 g/mol. The predicted molar refractivity (Wildman–Crippen MR) is 79.7 cm³/mol. The molecule has 2 N–H and O–H groups in total. The van der Waals surface area contributed by atoms with Crippen molar-refractivity contribution in [2.75, 3.05) is 6.54 Å². The zero-order valence-electron chi connectivity index (χ0n) is 12.0. The van der Waals surface area contributed by atoms with E-state index >= 15 is 0 Å². The van der Waals surface area contributed by atoms with Crippen LogP contribution in [-0.2, 0) is 6.42 Å². The smallest absolute Gasteiger partial charge is 0.269 e. The molecular weight excluding hydrogens is 268 g/mol. The van der Waals surface area contributed by atoms with E-state index in [1.807, 2.05) is 11.6 Å². The Morgan fingerprint density at radius 2 is 2.14 bits per heavy atom. The molecular formula is C15H18N4O2. The molecule has 0 bridgehead atoms. The lowest BCUT2D eigenvalue weighted by molar-refractivity contribution is -0.384. The minimum absolute atomic E-state index is 0.0938. The molecule has 110 valence electrons. The highest BCUT2D eigenvalue weighted by Gasteiger charge is 2.26. The van der Waals surface area contributed by atoms with Crippen molar-refractivity contribution < 1.29 is 4.92 Å². The summed E-state index contributed by atoms with van der Waals surface area (Å²) < 4.78 is 1.91. The van der Waals surface area contributed by atoms with Crippen LogP contribution in [0.4, 0.5) is 5.69 Å². The van der Waals surface area contributed by atoms with Crippen LogP contribution in [0.25, 0.3) is 5.69 Å². The number of nitro benzene ring substituents is 1. The molecule has 21 heavy (non-hydrogen) atoms. The quantitative estimate of drug-likeness (QED) is 0.693. The van der Waals surface area contributed by atoms with Crippen LogP contribution >= 0.6 is 0 Å². The number of nitrogens with two attached hydrogens (primary N) is 1. The molecule has 1 unspecified atom stereocenters. The molecule has 1 aromatic carbocycles. The van der Waals surface area contributed by atoms with Gasteiger partial charge in [0, 0.05) is 23.4 Å². The van der Waals surface area contributed by atoms with Crippen molar-refractivity contribution in [2.45, 2.75) is 32.1 Å². The van der Waals surface area contributed by atoms with Gasteiger partial charge < -0.3 is 5.73 Å². The fraction of sp³-hybridized carbons (Fsp3) is 0.400. The third kappa shape index (κ3) is 2.31. The number of aryl methyl sites for hydroxylation is 1. The van der Waals surface area contributed by atoms with E-state index in [1.54, 1.807) is 12.1 Å². The molecule has 1 aromatic heterocycles. The maximum Gasteiger partial charge on any atom is 0.269 e. The summed E-state index contributed by atoms with van der Waals surface area (Å²) in [4.78, 5) is 10.3. The minimum atomic E-state index is -0.391. The van der Waals surface area contributed by atoms with Crippen LogP contribution in [0.15, 0.2) is 24.3 Å². The van der Waals surface area contributed by atoms with Gasteiger partial charge in [-0.15, -0.1) is 0 Å². The highest BCUT2D eigenvalue weighted by molar-refractivity contribution is 5.44. The topological polar surface area (TPSA) is 87.0 Å². The second-order valence-corrected chi connectivity index (χ2v) is 5.46. The Hall–Kier alpha value is -2.21. The summed E-state index contributed by atoms with van der Waals surface area (Å²) in [6.45, 7) is 2.65. The van der Waals surface area contributed by atoms with Gasteiger partial charge >= 0.3 is 0 Å². The van der Waals surface area contributed by atoms with Gasteiger partial charge in [0.25, 0.3) is 5.69 Å². The van der Waals surface area contributed by atoms with E-state index in [2.05, 4.69) is 5.10 Å². The fourth-order valence-corrected chi connectivity index (χ4v) is 3.18. The lowest BCUT2D eigenvalue weighted by atomic mass is 9.85. The van der Waals surface area contributed by atoms with Crippen molar-refractivity contribution in [3.8, 4) is 5.69 Å². The summed E-state index contributed by atoms with van der Waals surface area (Å²) in [5, 5.41) is 15.4. The van der Waals surface area contributed by atoms with Gasteiger partial charge in [-0.2, -0.15) is 5.10 Å². The molecule has 1 atom stereocenters. The SMILES string of the molecule is Cc1nn(-c2ccc([N+](=O)[O-])cc2)c2c1C(CN)CCC2. The summed E-state index contributed by atoms with van der Waals surface area (Å²) in [7, 11) is 0. The average Bonchev–Trinajstić information content (AvgIpc) is 2.85. The van der Waals surface area contributed by atoms with E-state index in [1.165, 1.54) is 23.4 Å². The van der Waals surface area contributed by atoms with Crippen LogP contribution < -0.4 is 5.73 Å². The lowest BCUT2D eigenvalue weighted by Gasteiger charge is -2.22. The van der Waals surface area contributed by atoms with Crippen LogP contribution in [0.2, 0.25) is 0 Å². The normalized spacial score (nSPS) is 17.5. The molecule has 2 aromatic rings. The highest BCUT2D eigenvalue weighted by atomic mass is 16.6. The maximum absolute atomic E-state index is 10.7. The molecule has 0 aliphatic heterocycles. The zero-order chi connectivity index (χ0) is 15.0. The van der Waals surface area contributed by atoms with Crippen molar-refractivity contribution in [1.82, 2.24) is 9.78 Å². The summed E-state index contributed by atoms with van der Waals surface area (Å²) in [6, 6.07) is 6.53. The van der Waals surface area contributed by atoms with Crippen molar-refractivity contribution >= 4 is 5.69 Å². The Balaban J connectivity index is 2.05. The molecule has 0 fully saturated rings. The van der Waals surface area contributed by atoms with Crippen molar-refractivity contribution in [2.24, 2.45) is 5.73 Å². The van der Waals surface area contributed by atoms with Crippen molar-refractivity contribution in [1.29, 1.82) is 0 Å². The molecule has 1 heterocycles. The molecule has 0 saturated carbocycles. The molecule has 6 heteroatoms. The molecule has 0 spiro atoms. The number of nitrogens with zero attached hydrogens (tertiary/aromatic N) is 3. The molecule has 1 aliphatic rings. The number of fused-ring (bicyclic) bond motifs is 1. The fourth-order valence-electron chi connectivity index (χ4n) is 3.18. The molecule has 0 saturated heterocycles. The zero-order valence-corrected chi connectivity index (χ0v) is 12.0. The van der Waals surface area contributed by atoms with E-state index in [9.17, 15) is 10.1 Å². The number of hydrogen-bond acceptors (Lipinski definition) is 4. The first-order valence-electron chi connectivity index (χ1n) is 7.15. The Morgan fingerprint density at radius 3 is 2.76 bits per heavy atom. The summed E-state index contributed by atoms with van der Waals surface area (Å²) in [5.41, 5.74) is 10.3. The second-order valence-electron chi connectivity index (χ2n) is 5.46. The van der Waals surface area contributed by atoms with Crippen molar-refractivity contribution in [3.63, 3.8) is 0 Å².